The van der Waals surface area contributed by atoms with Crippen LogP contribution in [0.4, 0.5) is 5.82 Å². The number of para-hydroxylation sites is 1. The molecule has 3 aromatic rings. The quantitative estimate of drug-likeness (QED) is 0.777. The minimum atomic E-state index is -0.137. The second-order valence-electron chi connectivity index (χ2n) is 4.25. The predicted octanol–water partition coefficient (Wildman–Crippen LogP) is 2.90. The van der Waals surface area contributed by atoms with Crippen LogP contribution >= 0.6 is 11.8 Å². The zero-order chi connectivity index (χ0) is 13.9. The van der Waals surface area contributed by atoms with Gasteiger partial charge in [-0.25, -0.2) is 4.68 Å². The molecule has 4 nitrogen and oxygen atoms in total. The normalized spacial score (nSPS) is 10.6. The van der Waals surface area contributed by atoms with Gasteiger partial charge in [0, 0.05) is 4.90 Å². The molecule has 0 fully saturated rings. The molecule has 0 amide bonds. The van der Waals surface area contributed by atoms with Crippen LogP contribution in [0.1, 0.15) is 0 Å². The third kappa shape index (κ3) is 2.35. The van der Waals surface area contributed by atoms with Crippen molar-refractivity contribution >= 4 is 17.6 Å². The molecular formula is C15H13N3OS. The average Bonchev–Trinajstić information content (AvgIpc) is 2.77. The zero-order valence-electron chi connectivity index (χ0n) is 10.6. The highest BCUT2D eigenvalue weighted by molar-refractivity contribution is 7.99. The van der Waals surface area contributed by atoms with Crippen molar-refractivity contribution in [2.75, 3.05) is 5.73 Å². The van der Waals surface area contributed by atoms with Gasteiger partial charge in [0.2, 0.25) is 0 Å². The number of H-pyrrole nitrogens is 1. The molecule has 0 atom stereocenters. The molecule has 0 bridgehead atoms. The van der Waals surface area contributed by atoms with E-state index in [-0.39, 0.29) is 5.56 Å². The molecule has 0 saturated carbocycles. The molecule has 3 rings (SSSR count). The van der Waals surface area contributed by atoms with Crippen molar-refractivity contribution in [3.8, 4) is 5.69 Å². The zero-order valence-corrected chi connectivity index (χ0v) is 11.4. The van der Waals surface area contributed by atoms with Crippen LogP contribution in [0.3, 0.4) is 0 Å². The van der Waals surface area contributed by atoms with Crippen molar-refractivity contribution < 1.29 is 0 Å². The fraction of sp³-hybridized carbons (Fsp3) is 0. The third-order valence-corrected chi connectivity index (χ3v) is 3.96. The number of nitrogen functional groups attached to an aromatic ring is 1. The van der Waals surface area contributed by atoms with Gasteiger partial charge in [-0.05, 0) is 24.3 Å². The monoisotopic (exact) mass is 283 g/mol. The lowest BCUT2D eigenvalue weighted by Gasteiger charge is -1.99. The van der Waals surface area contributed by atoms with Crippen molar-refractivity contribution in [2.45, 2.75) is 9.79 Å². The number of benzene rings is 2. The Labute approximate surface area is 120 Å². The Morgan fingerprint density at radius 1 is 0.950 bits per heavy atom. The van der Waals surface area contributed by atoms with Gasteiger partial charge in [-0.1, -0.05) is 48.2 Å². The lowest BCUT2D eigenvalue weighted by molar-refractivity contribution is 0.849. The lowest BCUT2D eigenvalue weighted by Crippen LogP contribution is -2.15. The molecular weight excluding hydrogens is 270 g/mol. The Hall–Kier alpha value is -2.40. The molecule has 0 aliphatic rings. The minimum absolute atomic E-state index is 0.137. The highest BCUT2D eigenvalue weighted by atomic mass is 32.2. The molecule has 5 heteroatoms. The van der Waals surface area contributed by atoms with Gasteiger partial charge in [0.1, 0.15) is 10.7 Å². The Balaban J connectivity index is 2.02. The van der Waals surface area contributed by atoms with E-state index in [1.807, 2.05) is 60.7 Å². The van der Waals surface area contributed by atoms with Crippen LogP contribution in [-0.2, 0) is 0 Å². The first kappa shape index (κ1) is 12.6. The molecule has 0 spiro atoms. The summed E-state index contributed by atoms with van der Waals surface area (Å²) in [5, 5.41) is 2.91. The number of anilines is 1. The summed E-state index contributed by atoms with van der Waals surface area (Å²) in [5.74, 6) is 0.382. The van der Waals surface area contributed by atoms with Crippen LogP contribution in [-0.4, -0.2) is 9.78 Å². The van der Waals surface area contributed by atoms with Crippen molar-refractivity contribution in [1.29, 1.82) is 0 Å². The molecule has 0 aliphatic carbocycles. The summed E-state index contributed by atoms with van der Waals surface area (Å²) in [7, 11) is 0. The molecule has 0 saturated heterocycles. The molecule has 2 aromatic carbocycles. The highest BCUT2D eigenvalue weighted by Crippen LogP contribution is 2.28. The maximum atomic E-state index is 12.4. The lowest BCUT2D eigenvalue weighted by atomic mass is 10.3. The van der Waals surface area contributed by atoms with Crippen LogP contribution in [0.25, 0.3) is 5.69 Å². The van der Waals surface area contributed by atoms with E-state index in [0.29, 0.717) is 10.7 Å². The van der Waals surface area contributed by atoms with Crippen LogP contribution in [0.5, 0.6) is 0 Å². The minimum Gasteiger partial charge on any atom is -0.383 e. The molecule has 0 radical (unpaired) electrons. The molecule has 1 heterocycles. The summed E-state index contributed by atoms with van der Waals surface area (Å²) in [6.45, 7) is 0. The fourth-order valence-corrected chi connectivity index (χ4v) is 2.77. The number of nitrogens with zero attached hydrogens (tertiary/aromatic N) is 1. The summed E-state index contributed by atoms with van der Waals surface area (Å²) in [5.41, 5.74) is 6.56. The van der Waals surface area contributed by atoms with Crippen LogP contribution in [0.2, 0.25) is 0 Å². The molecule has 100 valence electrons. The van der Waals surface area contributed by atoms with E-state index in [9.17, 15) is 4.79 Å². The van der Waals surface area contributed by atoms with Gasteiger partial charge in [-0.2, -0.15) is 0 Å². The number of hydrogen-bond acceptors (Lipinski definition) is 3. The number of rotatable bonds is 3. The Morgan fingerprint density at radius 3 is 2.20 bits per heavy atom. The first-order valence-corrected chi connectivity index (χ1v) is 6.96. The summed E-state index contributed by atoms with van der Waals surface area (Å²) in [6.07, 6.45) is 0. The molecule has 1 aromatic heterocycles. The molecule has 0 aliphatic heterocycles. The maximum Gasteiger partial charge on any atom is 0.287 e. The molecule has 0 unspecified atom stereocenters. The van der Waals surface area contributed by atoms with Crippen molar-refractivity contribution in [1.82, 2.24) is 9.78 Å². The SMILES string of the molecule is Nc1[nH]n(-c2ccccc2)c(=O)c1Sc1ccccc1. The summed E-state index contributed by atoms with van der Waals surface area (Å²) in [6, 6.07) is 19.1. The predicted molar refractivity (Wildman–Crippen MR) is 81.4 cm³/mol. The smallest absolute Gasteiger partial charge is 0.287 e. The van der Waals surface area contributed by atoms with Gasteiger partial charge in [-0.3, -0.25) is 9.89 Å². The van der Waals surface area contributed by atoms with Crippen LogP contribution < -0.4 is 11.3 Å². The fourth-order valence-electron chi connectivity index (χ4n) is 1.90. The summed E-state index contributed by atoms with van der Waals surface area (Å²) in [4.78, 5) is 13.9. The largest absolute Gasteiger partial charge is 0.383 e. The Morgan fingerprint density at radius 2 is 1.55 bits per heavy atom. The van der Waals surface area contributed by atoms with Gasteiger partial charge in [-0.15, -0.1) is 0 Å². The topological polar surface area (TPSA) is 63.8 Å². The highest BCUT2D eigenvalue weighted by Gasteiger charge is 2.14. The average molecular weight is 283 g/mol. The summed E-state index contributed by atoms with van der Waals surface area (Å²) < 4.78 is 1.46. The first-order chi connectivity index (χ1) is 9.75. The Kier molecular flexibility index (Phi) is 3.35. The van der Waals surface area contributed by atoms with Gasteiger partial charge in [0.05, 0.1) is 5.69 Å². The maximum absolute atomic E-state index is 12.4. The number of nitrogens with one attached hydrogen (secondary N) is 1. The van der Waals surface area contributed by atoms with E-state index in [4.69, 9.17) is 5.73 Å². The molecule has 20 heavy (non-hydrogen) atoms. The summed E-state index contributed by atoms with van der Waals surface area (Å²) >= 11 is 1.37. The third-order valence-electron chi connectivity index (χ3n) is 2.85. The van der Waals surface area contributed by atoms with Crippen LogP contribution in [0.15, 0.2) is 75.2 Å². The number of hydrogen-bond donors (Lipinski definition) is 2. The van der Waals surface area contributed by atoms with Gasteiger partial charge >= 0.3 is 0 Å². The second kappa shape index (κ2) is 5.30. The molecule has 3 N–H and O–H groups in total. The van der Waals surface area contributed by atoms with E-state index >= 15 is 0 Å². The first-order valence-electron chi connectivity index (χ1n) is 6.14. The van der Waals surface area contributed by atoms with Crippen LogP contribution in [0, 0.1) is 0 Å². The van der Waals surface area contributed by atoms with E-state index < -0.39 is 0 Å². The standard InChI is InChI=1S/C15H13N3OS/c16-14-13(20-12-9-5-2-6-10-12)15(19)18(17-14)11-7-3-1-4-8-11/h1-10,17H,16H2. The number of nitrogens with two attached hydrogens (primary N) is 1. The van der Waals surface area contributed by atoms with Crippen molar-refractivity contribution in [3.63, 3.8) is 0 Å². The van der Waals surface area contributed by atoms with Gasteiger partial charge < -0.3 is 5.73 Å². The number of aromatic amines is 1. The van der Waals surface area contributed by atoms with Crippen molar-refractivity contribution in [3.05, 3.63) is 71.0 Å². The van der Waals surface area contributed by atoms with E-state index in [0.717, 1.165) is 10.6 Å². The second-order valence-corrected chi connectivity index (χ2v) is 5.33. The van der Waals surface area contributed by atoms with E-state index in [1.54, 1.807) is 0 Å². The van der Waals surface area contributed by atoms with Gasteiger partial charge in [0.25, 0.3) is 5.56 Å². The van der Waals surface area contributed by atoms with E-state index in [2.05, 4.69) is 5.10 Å². The van der Waals surface area contributed by atoms with E-state index in [1.165, 1.54) is 16.4 Å². The number of aromatic nitrogens is 2. The van der Waals surface area contributed by atoms with Crippen molar-refractivity contribution in [2.24, 2.45) is 0 Å². The Bertz CT molecular complexity index is 763. The van der Waals surface area contributed by atoms with Gasteiger partial charge in [0.15, 0.2) is 0 Å².